The lowest BCUT2D eigenvalue weighted by Gasteiger charge is -2.00. The van der Waals surface area contributed by atoms with Crippen LogP contribution < -0.4 is 0 Å². The van der Waals surface area contributed by atoms with E-state index >= 15 is 0 Å². The van der Waals surface area contributed by atoms with Crippen LogP contribution >= 0.6 is 0 Å². The maximum atomic E-state index is 3.12. The molecule has 4 radical (unpaired) electrons. The van der Waals surface area contributed by atoms with Crippen molar-refractivity contribution in [2.24, 2.45) is 0 Å². The average Bonchev–Trinajstić information content (AvgIpc) is 2.09. The second-order valence-corrected chi connectivity index (χ2v) is 2.88. The van der Waals surface area contributed by atoms with Gasteiger partial charge in [-0.1, -0.05) is 38.1 Å². The van der Waals surface area contributed by atoms with Crippen LogP contribution in [-0.2, 0) is 12.8 Å². The molecule has 0 saturated carbocycles. The molecule has 0 fully saturated rings. The summed E-state index contributed by atoms with van der Waals surface area (Å²) in [6, 6.07) is 8.62. The van der Waals surface area contributed by atoms with E-state index in [-0.39, 0.29) is 0 Å². The van der Waals surface area contributed by atoms with Gasteiger partial charge in [-0.15, -0.1) is 0 Å². The standard InChI is InChI=1S/C12H14/c1-3-5-11-7-9-12(6-4-2)10-8-11/h7-10H,5-6H2,1-2H3. The lowest BCUT2D eigenvalue weighted by molar-refractivity contribution is 1.11. The van der Waals surface area contributed by atoms with E-state index in [0.717, 1.165) is 12.8 Å². The third-order valence-corrected chi connectivity index (χ3v) is 1.78. The summed E-state index contributed by atoms with van der Waals surface area (Å²) in [5.74, 6) is 0. The SMILES string of the molecule is C[C]Cc1ccc(C[C]C)cc1. The molecule has 0 aromatic heterocycles. The van der Waals surface area contributed by atoms with Crippen LogP contribution in [0.4, 0.5) is 0 Å². The van der Waals surface area contributed by atoms with Gasteiger partial charge in [0.1, 0.15) is 0 Å². The Morgan fingerprint density at radius 3 is 1.42 bits per heavy atom. The van der Waals surface area contributed by atoms with Gasteiger partial charge in [0.15, 0.2) is 0 Å². The topological polar surface area (TPSA) is 0 Å². The van der Waals surface area contributed by atoms with Gasteiger partial charge in [0, 0.05) is 0 Å². The highest BCUT2D eigenvalue weighted by Crippen LogP contribution is 2.07. The lowest BCUT2D eigenvalue weighted by Crippen LogP contribution is -1.86. The van der Waals surface area contributed by atoms with Crippen molar-refractivity contribution in [3.63, 3.8) is 0 Å². The van der Waals surface area contributed by atoms with Crippen LogP contribution in [0.15, 0.2) is 24.3 Å². The summed E-state index contributed by atoms with van der Waals surface area (Å²) in [5.41, 5.74) is 2.66. The molecule has 0 bridgehead atoms. The maximum Gasteiger partial charge on any atom is -0.0160 e. The summed E-state index contributed by atoms with van der Waals surface area (Å²) in [7, 11) is 0. The molecule has 0 aliphatic heterocycles. The van der Waals surface area contributed by atoms with Gasteiger partial charge in [0.2, 0.25) is 0 Å². The van der Waals surface area contributed by atoms with Crippen molar-refractivity contribution >= 4 is 0 Å². The number of benzene rings is 1. The first kappa shape index (κ1) is 9.31. The van der Waals surface area contributed by atoms with Crippen molar-refractivity contribution in [3.8, 4) is 0 Å². The Bertz CT molecular complexity index is 183. The van der Waals surface area contributed by atoms with Gasteiger partial charge >= 0.3 is 0 Å². The molecule has 0 unspecified atom stereocenters. The van der Waals surface area contributed by atoms with Crippen LogP contribution in [0.3, 0.4) is 0 Å². The fourth-order valence-electron chi connectivity index (χ4n) is 1.18. The van der Waals surface area contributed by atoms with Gasteiger partial charge in [-0.25, -0.2) is 0 Å². The predicted octanol–water partition coefficient (Wildman–Crippen LogP) is 2.97. The highest BCUT2D eigenvalue weighted by molar-refractivity contribution is 5.24. The average molecular weight is 158 g/mol. The monoisotopic (exact) mass is 158 g/mol. The van der Waals surface area contributed by atoms with Crippen molar-refractivity contribution in [1.82, 2.24) is 0 Å². The Morgan fingerprint density at radius 2 is 1.17 bits per heavy atom. The maximum absolute atomic E-state index is 3.12. The molecule has 1 rings (SSSR count). The lowest BCUT2D eigenvalue weighted by atomic mass is 10.1. The number of hydrogen-bond donors (Lipinski definition) is 0. The quantitative estimate of drug-likeness (QED) is 0.632. The fraction of sp³-hybridized carbons (Fsp3) is 0.333. The van der Waals surface area contributed by atoms with E-state index in [1.807, 2.05) is 13.8 Å². The summed E-state index contributed by atoms with van der Waals surface area (Å²) in [6.45, 7) is 3.92. The molecular weight excluding hydrogens is 144 g/mol. The first-order chi connectivity index (χ1) is 5.86. The first-order valence-corrected chi connectivity index (χ1v) is 4.24. The van der Waals surface area contributed by atoms with Crippen LogP contribution in [-0.4, -0.2) is 0 Å². The Kier molecular flexibility index (Phi) is 3.86. The third kappa shape index (κ3) is 2.69. The van der Waals surface area contributed by atoms with E-state index in [0.29, 0.717) is 0 Å². The van der Waals surface area contributed by atoms with Gasteiger partial charge in [-0.2, -0.15) is 0 Å². The van der Waals surface area contributed by atoms with Crippen molar-refractivity contribution in [2.45, 2.75) is 26.7 Å². The highest BCUT2D eigenvalue weighted by atomic mass is 14.0. The summed E-state index contributed by atoms with van der Waals surface area (Å²) in [5, 5.41) is 0. The van der Waals surface area contributed by atoms with Crippen LogP contribution in [0.1, 0.15) is 25.0 Å². The van der Waals surface area contributed by atoms with Crippen molar-refractivity contribution < 1.29 is 0 Å². The Balaban J connectivity index is 2.58. The van der Waals surface area contributed by atoms with E-state index in [1.165, 1.54) is 11.1 Å². The molecule has 0 aliphatic rings. The Morgan fingerprint density at radius 1 is 0.833 bits per heavy atom. The second kappa shape index (κ2) is 4.97. The molecule has 0 nitrogen and oxygen atoms in total. The summed E-state index contributed by atoms with van der Waals surface area (Å²) < 4.78 is 0. The minimum atomic E-state index is 0.944. The molecule has 0 heterocycles. The molecule has 0 N–H and O–H groups in total. The van der Waals surface area contributed by atoms with Gasteiger partial charge < -0.3 is 0 Å². The van der Waals surface area contributed by atoms with E-state index in [2.05, 4.69) is 37.1 Å². The van der Waals surface area contributed by atoms with Crippen LogP contribution in [0.5, 0.6) is 0 Å². The van der Waals surface area contributed by atoms with E-state index in [9.17, 15) is 0 Å². The summed E-state index contributed by atoms with van der Waals surface area (Å²) in [6.07, 6.45) is 8.13. The predicted molar refractivity (Wildman–Crippen MR) is 51.7 cm³/mol. The zero-order chi connectivity index (χ0) is 8.81. The van der Waals surface area contributed by atoms with E-state index in [4.69, 9.17) is 0 Å². The Labute approximate surface area is 75.6 Å². The summed E-state index contributed by atoms with van der Waals surface area (Å²) >= 11 is 0. The molecule has 0 amide bonds. The molecule has 0 spiro atoms. The van der Waals surface area contributed by atoms with E-state index < -0.39 is 0 Å². The third-order valence-electron chi connectivity index (χ3n) is 1.78. The van der Waals surface area contributed by atoms with Crippen LogP contribution in [0, 0.1) is 12.8 Å². The van der Waals surface area contributed by atoms with Crippen LogP contribution in [0.25, 0.3) is 0 Å². The molecule has 0 aliphatic carbocycles. The number of hydrogen-bond acceptors (Lipinski definition) is 0. The first-order valence-electron chi connectivity index (χ1n) is 4.24. The van der Waals surface area contributed by atoms with Crippen molar-refractivity contribution in [2.75, 3.05) is 0 Å². The van der Waals surface area contributed by atoms with Crippen molar-refractivity contribution in [1.29, 1.82) is 0 Å². The molecule has 12 heavy (non-hydrogen) atoms. The molecular formula is C12H14. The van der Waals surface area contributed by atoms with Gasteiger partial charge in [-0.05, 0) is 36.8 Å². The molecule has 1 aromatic carbocycles. The number of rotatable bonds is 4. The molecule has 1 aromatic rings. The normalized spacial score (nSPS) is 10.2. The molecule has 62 valence electrons. The van der Waals surface area contributed by atoms with Crippen molar-refractivity contribution in [3.05, 3.63) is 48.2 Å². The minimum absolute atomic E-state index is 0.944. The van der Waals surface area contributed by atoms with Gasteiger partial charge in [0.25, 0.3) is 0 Å². The minimum Gasteiger partial charge on any atom is -0.0587 e. The summed E-state index contributed by atoms with van der Waals surface area (Å²) in [4.78, 5) is 0. The second-order valence-electron chi connectivity index (χ2n) is 2.88. The smallest absolute Gasteiger partial charge is 0.0160 e. The zero-order valence-electron chi connectivity index (χ0n) is 7.72. The van der Waals surface area contributed by atoms with Gasteiger partial charge in [0.05, 0.1) is 0 Å². The molecule has 0 saturated heterocycles. The largest absolute Gasteiger partial charge is 0.0587 e. The molecule has 0 atom stereocenters. The van der Waals surface area contributed by atoms with Crippen LogP contribution in [0.2, 0.25) is 0 Å². The highest BCUT2D eigenvalue weighted by Gasteiger charge is 1.92. The Hall–Kier alpha value is -0.780. The van der Waals surface area contributed by atoms with Gasteiger partial charge in [-0.3, -0.25) is 0 Å². The van der Waals surface area contributed by atoms with E-state index in [1.54, 1.807) is 0 Å². The fourth-order valence-corrected chi connectivity index (χ4v) is 1.18. The molecule has 0 heteroatoms. The zero-order valence-corrected chi connectivity index (χ0v) is 7.72.